The van der Waals surface area contributed by atoms with Crippen LogP contribution in [0.25, 0.3) is 5.69 Å². The van der Waals surface area contributed by atoms with Crippen molar-refractivity contribution < 1.29 is 14.8 Å². The molecule has 2 N–H and O–H groups in total. The third-order valence-corrected chi connectivity index (χ3v) is 3.56. The largest absolute Gasteiger partial charge is 0.465 e. The van der Waals surface area contributed by atoms with Gasteiger partial charge in [0.05, 0.1) is 15.1 Å². The molecule has 8 nitrogen and oxygen atoms in total. The Morgan fingerprint density at radius 2 is 2.33 bits per heavy atom. The summed E-state index contributed by atoms with van der Waals surface area (Å²) in [5.41, 5.74) is 1.36. The molecule has 1 aromatic carbocycles. The number of aromatic nitrogens is 2. The second-order valence-electron chi connectivity index (χ2n) is 4.20. The van der Waals surface area contributed by atoms with E-state index < -0.39 is 11.0 Å². The van der Waals surface area contributed by atoms with Crippen molar-refractivity contribution in [3.05, 3.63) is 50.2 Å². The minimum absolute atomic E-state index is 0.0589. The van der Waals surface area contributed by atoms with Gasteiger partial charge < -0.3 is 10.4 Å². The zero-order valence-electron chi connectivity index (χ0n) is 10.9. The Kier molecular flexibility index (Phi) is 4.22. The summed E-state index contributed by atoms with van der Waals surface area (Å²) in [6.45, 7) is 1.52. The van der Waals surface area contributed by atoms with Crippen LogP contribution in [0.3, 0.4) is 0 Å². The molecule has 0 aliphatic heterocycles. The van der Waals surface area contributed by atoms with Gasteiger partial charge in [-0.05, 0) is 28.9 Å². The Bertz CT molecular complexity index is 700. The number of hydrogen-bond donors (Lipinski definition) is 2. The summed E-state index contributed by atoms with van der Waals surface area (Å²) >= 11 is 3.29. The Morgan fingerprint density at radius 3 is 2.86 bits per heavy atom. The van der Waals surface area contributed by atoms with E-state index in [-0.39, 0.29) is 12.2 Å². The summed E-state index contributed by atoms with van der Waals surface area (Å²) in [5.74, 6) is 0. The van der Waals surface area contributed by atoms with Crippen molar-refractivity contribution in [1.29, 1.82) is 0 Å². The molecule has 9 heteroatoms. The smallest absolute Gasteiger partial charge is 0.404 e. The van der Waals surface area contributed by atoms with Crippen LogP contribution in [-0.4, -0.2) is 25.9 Å². The molecule has 0 bridgehead atoms. The quantitative estimate of drug-likeness (QED) is 0.647. The van der Waals surface area contributed by atoms with Crippen LogP contribution in [0.5, 0.6) is 0 Å². The average molecular weight is 355 g/mol. The van der Waals surface area contributed by atoms with Crippen LogP contribution in [0.15, 0.2) is 29.0 Å². The highest BCUT2D eigenvalue weighted by Crippen LogP contribution is 2.33. The van der Waals surface area contributed by atoms with Gasteiger partial charge in [-0.15, -0.1) is 0 Å². The first kappa shape index (κ1) is 15.0. The van der Waals surface area contributed by atoms with Crippen molar-refractivity contribution in [2.75, 3.05) is 0 Å². The van der Waals surface area contributed by atoms with E-state index in [1.165, 1.54) is 10.7 Å². The number of rotatable bonds is 4. The van der Waals surface area contributed by atoms with Gasteiger partial charge in [0, 0.05) is 36.1 Å². The van der Waals surface area contributed by atoms with E-state index in [9.17, 15) is 14.9 Å². The molecule has 110 valence electrons. The Labute approximate surface area is 127 Å². The molecule has 0 unspecified atom stereocenters. The number of carboxylic acid groups (broad SMARTS) is 1. The van der Waals surface area contributed by atoms with Gasteiger partial charge >= 0.3 is 6.09 Å². The fourth-order valence-corrected chi connectivity index (χ4v) is 2.63. The van der Waals surface area contributed by atoms with Gasteiger partial charge in [0.25, 0.3) is 5.69 Å². The summed E-state index contributed by atoms with van der Waals surface area (Å²) in [7, 11) is 0. The molecule has 21 heavy (non-hydrogen) atoms. The number of nitro groups is 1. The van der Waals surface area contributed by atoms with Crippen molar-refractivity contribution in [3.8, 4) is 5.69 Å². The maximum absolute atomic E-state index is 11.1. The highest BCUT2D eigenvalue weighted by Gasteiger charge is 2.22. The first-order chi connectivity index (χ1) is 9.91. The Morgan fingerprint density at radius 1 is 1.62 bits per heavy atom. The summed E-state index contributed by atoms with van der Waals surface area (Å²) in [6.07, 6.45) is 2.04. The lowest BCUT2D eigenvalue weighted by Crippen LogP contribution is -2.22. The van der Waals surface area contributed by atoms with E-state index in [0.29, 0.717) is 21.3 Å². The zero-order valence-corrected chi connectivity index (χ0v) is 12.5. The lowest BCUT2D eigenvalue weighted by Gasteiger charge is -2.15. The van der Waals surface area contributed by atoms with Gasteiger partial charge in [-0.1, -0.05) is 0 Å². The van der Waals surface area contributed by atoms with Crippen molar-refractivity contribution >= 4 is 27.7 Å². The number of halogens is 1. The predicted molar refractivity (Wildman–Crippen MR) is 77.5 cm³/mol. The third kappa shape index (κ3) is 3.02. The molecule has 0 saturated carbocycles. The molecule has 0 aliphatic carbocycles. The summed E-state index contributed by atoms with van der Waals surface area (Å²) in [4.78, 5) is 21.3. The molecule has 0 fully saturated rings. The van der Waals surface area contributed by atoms with Crippen LogP contribution >= 0.6 is 15.9 Å². The van der Waals surface area contributed by atoms with Crippen molar-refractivity contribution in [3.63, 3.8) is 0 Å². The van der Waals surface area contributed by atoms with E-state index >= 15 is 0 Å². The number of hydrogen-bond acceptors (Lipinski definition) is 4. The van der Waals surface area contributed by atoms with E-state index in [4.69, 9.17) is 5.11 Å². The number of amides is 1. The summed E-state index contributed by atoms with van der Waals surface area (Å²) in [5, 5.41) is 26.2. The first-order valence-corrected chi connectivity index (χ1v) is 6.64. The molecule has 1 amide bonds. The SMILES string of the molecule is Cc1c([N+](=O)[O-])cc(Br)c(-n2cccn2)c1CNC(=O)O. The van der Waals surface area contributed by atoms with E-state index in [2.05, 4.69) is 26.3 Å². The number of benzene rings is 1. The molecule has 0 spiro atoms. The monoisotopic (exact) mass is 354 g/mol. The normalized spacial score (nSPS) is 10.4. The van der Waals surface area contributed by atoms with Gasteiger partial charge in [-0.2, -0.15) is 5.10 Å². The van der Waals surface area contributed by atoms with E-state index in [1.54, 1.807) is 25.4 Å². The standard InChI is InChI=1S/C12H11BrN4O4/c1-7-8(6-14-12(18)19)11(16-4-2-3-15-16)9(13)5-10(7)17(20)21/h2-5,14H,6H2,1H3,(H,18,19). The maximum Gasteiger partial charge on any atom is 0.404 e. The number of nitro benzene ring substituents is 1. The lowest BCUT2D eigenvalue weighted by atomic mass is 10.0. The van der Waals surface area contributed by atoms with Crippen molar-refractivity contribution in [2.45, 2.75) is 13.5 Å². The van der Waals surface area contributed by atoms with Gasteiger partial charge in [-0.25, -0.2) is 9.48 Å². The molecule has 1 aromatic heterocycles. The van der Waals surface area contributed by atoms with Crippen molar-refractivity contribution in [1.82, 2.24) is 15.1 Å². The second-order valence-corrected chi connectivity index (χ2v) is 5.05. The molecule has 0 radical (unpaired) electrons. The van der Waals surface area contributed by atoms with Crippen LogP contribution in [0, 0.1) is 17.0 Å². The lowest BCUT2D eigenvalue weighted by molar-refractivity contribution is -0.385. The first-order valence-electron chi connectivity index (χ1n) is 5.85. The van der Waals surface area contributed by atoms with Gasteiger partial charge in [0.15, 0.2) is 0 Å². The maximum atomic E-state index is 11.1. The minimum atomic E-state index is -1.21. The molecule has 0 atom stereocenters. The number of nitrogens with one attached hydrogen (secondary N) is 1. The highest BCUT2D eigenvalue weighted by molar-refractivity contribution is 9.10. The number of nitrogens with zero attached hydrogens (tertiary/aromatic N) is 3. The van der Waals surface area contributed by atoms with Gasteiger partial charge in [0.1, 0.15) is 0 Å². The Balaban J connectivity index is 2.65. The highest BCUT2D eigenvalue weighted by atomic mass is 79.9. The van der Waals surface area contributed by atoms with Crippen molar-refractivity contribution in [2.24, 2.45) is 0 Å². The van der Waals surface area contributed by atoms with Gasteiger partial charge in [0.2, 0.25) is 0 Å². The van der Waals surface area contributed by atoms with Gasteiger partial charge in [-0.3, -0.25) is 10.1 Å². The molecule has 0 aliphatic rings. The van der Waals surface area contributed by atoms with E-state index in [0.717, 1.165) is 0 Å². The molecule has 0 saturated heterocycles. The third-order valence-electron chi connectivity index (χ3n) is 2.96. The molecule has 1 heterocycles. The molecule has 2 rings (SSSR count). The number of carbonyl (C=O) groups is 1. The topological polar surface area (TPSA) is 110 Å². The molecular weight excluding hydrogens is 344 g/mol. The fraction of sp³-hybridized carbons (Fsp3) is 0.167. The molecular formula is C12H11BrN4O4. The van der Waals surface area contributed by atoms with Crippen LogP contribution < -0.4 is 5.32 Å². The zero-order chi connectivity index (χ0) is 15.6. The van der Waals surface area contributed by atoms with Crippen LogP contribution in [0.4, 0.5) is 10.5 Å². The van der Waals surface area contributed by atoms with Crippen LogP contribution in [-0.2, 0) is 6.54 Å². The predicted octanol–water partition coefficient (Wildman–Crippen LogP) is 2.62. The Hall–Kier alpha value is -2.42. The molecule has 2 aromatic rings. The fourth-order valence-electron chi connectivity index (χ4n) is 1.99. The van der Waals surface area contributed by atoms with Crippen LogP contribution in [0.1, 0.15) is 11.1 Å². The minimum Gasteiger partial charge on any atom is -0.465 e. The van der Waals surface area contributed by atoms with Crippen LogP contribution in [0.2, 0.25) is 0 Å². The summed E-state index contributed by atoms with van der Waals surface area (Å²) < 4.78 is 1.99. The summed E-state index contributed by atoms with van der Waals surface area (Å²) in [6, 6.07) is 3.09. The average Bonchev–Trinajstić information content (AvgIpc) is 2.92. The van der Waals surface area contributed by atoms with E-state index in [1.807, 2.05) is 0 Å². The second kappa shape index (κ2) is 5.92.